The first-order valence-electron chi connectivity index (χ1n) is 4.75. The summed E-state index contributed by atoms with van der Waals surface area (Å²) in [5.41, 5.74) is 12.4. The van der Waals surface area contributed by atoms with Crippen LogP contribution in [-0.4, -0.2) is 36.1 Å². The number of nitrogens with two attached hydrogens (primary N) is 2. The second-order valence-corrected chi connectivity index (χ2v) is 3.55. The predicted molar refractivity (Wildman–Crippen MR) is 57.6 cm³/mol. The minimum Gasteiger partial charge on any atom is -0.329 e. The van der Waals surface area contributed by atoms with Gasteiger partial charge in [-0.3, -0.25) is 4.98 Å². The Balaban J connectivity index is 2.37. The van der Waals surface area contributed by atoms with E-state index in [9.17, 15) is 0 Å². The van der Waals surface area contributed by atoms with Crippen LogP contribution in [0, 0.1) is 0 Å². The molecular weight excluding hydrogens is 176 g/mol. The lowest BCUT2D eigenvalue weighted by atomic mass is 10.2. The molecule has 1 aromatic heterocycles. The molecule has 78 valence electrons. The smallest absolute Gasteiger partial charge is 0.0292 e. The molecular formula is C10H18N4. The number of aromatic nitrogens is 1. The van der Waals surface area contributed by atoms with Crippen molar-refractivity contribution in [2.45, 2.75) is 12.6 Å². The summed E-state index contributed by atoms with van der Waals surface area (Å²) >= 11 is 0. The Labute approximate surface area is 84.9 Å². The summed E-state index contributed by atoms with van der Waals surface area (Å²) < 4.78 is 0. The number of likely N-dealkylation sites (N-methyl/N-ethyl adjacent to an activating group) is 1. The van der Waals surface area contributed by atoms with Crippen molar-refractivity contribution < 1.29 is 0 Å². The summed E-state index contributed by atoms with van der Waals surface area (Å²) in [6, 6.07) is 4.07. The number of hydrogen-bond acceptors (Lipinski definition) is 4. The molecule has 0 saturated carbocycles. The highest BCUT2D eigenvalue weighted by molar-refractivity contribution is 5.09. The highest BCUT2D eigenvalue weighted by Gasteiger charge is 2.04. The lowest BCUT2D eigenvalue weighted by Gasteiger charge is -2.20. The Morgan fingerprint density at radius 3 is 2.64 bits per heavy atom. The van der Waals surface area contributed by atoms with Gasteiger partial charge in [0.2, 0.25) is 0 Å². The highest BCUT2D eigenvalue weighted by Crippen LogP contribution is 2.00. The van der Waals surface area contributed by atoms with Gasteiger partial charge in [0.05, 0.1) is 0 Å². The maximum Gasteiger partial charge on any atom is 0.0292 e. The first-order valence-corrected chi connectivity index (χ1v) is 4.75. The molecule has 0 aliphatic rings. The van der Waals surface area contributed by atoms with Crippen LogP contribution in [0.1, 0.15) is 5.56 Å². The second-order valence-electron chi connectivity index (χ2n) is 3.55. The molecule has 1 heterocycles. The standard InChI is InChI=1S/C10H18N4/c1-14(8-10(12)6-11)7-9-2-4-13-5-3-9/h2-5,10H,6-8,11-12H2,1H3. The molecule has 0 aliphatic carbocycles. The highest BCUT2D eigenvalue weighted by atomic mass is 15.1. The van der Waals surface area contributed by atoms with Gasteiger partial charge in [0, 0.05) is 38.1 Å². The molecule has 0 aromatic carbocycles. The molecule has 0 saturated heterocycles. The van der Waals surface area contributed by atoms with Crippen molar-refractivity contribution >= 4 is 0 Å². The first-order chi connectivity index (χ1) is 6.72. The fourth-order valence-corrected chi connectivity index (χ4v) is 1.34. The van der Waals surface area contributed by atoms with Gasteiger partial charge in [0.15, 0.2) is 0 Å². The number of pyridine rings is 1. The van der Waals surface area contributed by atoms with Gasteiger partial charge in [-0.2, -0.15) is 0 Å². The Hall–Kier alpha value is -0.970. The van der Waals surface area contributed by atoms with E-state index in [-0.39, 0.29) is 6.04 Å². The minimum atomic E-state index is 0.0573. The predicted octanol–water partition coefficient (Wildman–Crippen LogP) is -0.201. The van der Waals surface area contributed by atoms with Gasteiger partial charge in [0.1, 0.15) is 0 Å². The zero-order chi connectivity index (χ0) is 10.4. The van der Waals surface area contributed by atoms with Gasteiger partial charge in [-0.25, -0.2) is 0 Å². The molecule has 14 heavy (non-hydrogen) atoms. The molecule has 4 nitrogen and oxygen atoms in total. The van der Waals surface area contributed by atoms with Crippen molar-refractivity contribution in [1.82, 2.24) is 9.88 Å². The molecule has 4 N–H and O–H groups in total. The van der Waals surface area contributed by atoms with E-state index in [4.69, 9.17) is 11.5 Å². The summed E-state index contributed by atoms with van der Waals surface area (Å²) in [5, 5.41) is 0. The van der Waals surface area contributed by atoms with Crippen LogP contribution < -0.4 is 11.5 Å². The van der Waals surface area contributed by atoms with Crippen molar-refractivity contribution in [2.24, 2.45) is 11.5 Å². The molecule has 0 fully saturated rings. The zero-order valence-corrected chi connectivity index (χ0v) is 8.56. The fraction of sp³-hybridized carbons (Fsp3) is 0.500. The largest absolute Gasteiger partial charge is 0.329 e. The minimum absolute atomic E-state index is 0.0573. The zero-order valence-electron chi connectivity index (χ0n) is 8.56. The maximum atomic E-state index is 5.75. The number of hydrogen-bond donors (Lipinski definition) is 2. The van der Waals surface area contributed by atoms with Gasteiger partial charge in [-0.15, -0.1) is 0 Å². The van der Waals surface area contributed by atoms with E-state index >= 15 is 0 Å². The average molecular weight is 194 g/mol. The van der Waals surface area contributed by atoms with Crippen molar-refractivity contribution in [2.75, 3.05) is 20.1 Å². The molecule has 1 rings (SSSR count). The van der Waals surface area contributed by atoms with Gasteiger partial charge in [0.25, 0.3) is 0 Å². The SMILES string of the molecule is CN(Cc1ccncc1)CC(N)CN. The van der Waals surface area contributed by atoms with Gasteiger partial charge in [-0.05, 0) is 24.7 Å². The van der Waals surface area contributed by atoms with E-state index in [0.717, 1.165) is 13.1 Å². The Kier molecular flexibility index (Phi) is 4.52. The maximum absolute atomic E-state index is 5.75. The van der Waals surface area contributed by atoms with E-state index < -0.39 is 0 Å². The molecule has 4 heteroatoms. The van der Waals surface area contributed by atoms with Crippen molar-refractivity contribution in [3.63, 3.8) is 0 Å². The third-order valence-corrected chi connectivity index (χ3v) is 2.05. The molecule has 0 aliphatic heterocycles. The molecule has 1 unspecified atom stereocenters. The van der Waals surface area contributed by atoms with Crippen LogP contribution in [0.4, 0.5) is 0 Å². The van der Waals surface area contributed by atoms with Gasteiger partial charge < -0.3 is 16.4 Å². The molecule has 0 spiro atoms. The van der Waals surface area contributed by atoms with E-state index in [1.54, 1.807) is 12.4 Å². The Bertz CT molecular complexity index is 250. The molecule has 0 radical (unpaired) electrons. The van der Waals surface area contributed by atoms with E-state index in [2.05, 4.69) is 9.88 Å². The fourth-order valence-electron chi connectivity index (χ4n) is 1.34. The summed E-state index contributed by atoms with van der Waals surface area (Å²) in [6.45, 7) is 2.23. The number of rotatable bonds is 5. The van der Waals surface area contributed by atoms with Crippen molar-refractivity contribution in [3.05, 3.63) is 30.1 Å². The third kappa shape index (κ3) is 3.83. The second kappa shape index (κ2) is 5.70. The normalized spacial score (nSPS) is 13.1. The van der Waals surface area contributed by atoms with Crippen LogP contribution in [0.15, 0.2) is 24.5 Å². The first kappa shape index (κ1) is 11.1. The van der Waals surface area contributed by atoms with Gasteiger partial charge in [-0.1, -0.05) is 0 Å². The quantitative estimate of drug-likeness (QED) is 0.681. The van der Waals surface area contributed by atoms with E-state index in [1.807, 2.05) is 19.2 Å². The monoisotopic (exact) mass is 194 g/mol. The van der Waals surface area contributed by atoms with Crippen LogP contribution >= 0.6 is 0 Å². The molecule has 1 aromatic rings. The van der Waals surface area contributed by atoms with Crippen molar-refractivity contribution in [3.8, 4) is 0 Å². The lowest BCUT2D eigenvalue weighted by Crippen LogP contribution is -2.40. The number of nitrogens with zero attached hydrogens (tertiary/aromatic N) is 2. The molecule has 1 atom stereocenters. The Morgan fingerprint density at radius 1 is 1.43 bits per heavy atom. The summed E-state index contributed by atoms with van der Waals surface area (Å²) in [5.74, 6) is 0. The molecule has 0 bridgehead atoms. The van der Waals surface area contributed by atoms with Crippen LogP contribution in [0.2, 0.25) is 0 Å². The van der Waals surface area contributed by atoms with Crippen molar-refractivity contribution in [1.29, 1.82) is 0 Å². The van der Waals surface area contributed by atoms with Crippen LogP contribution in [0.25, 0.3) is 0 Å². The van der Waals surface area contributed by atoms with Crippen LogP contribution in [0.3, 0.4) is 0 Å². The van der Waals surface area contributed by atoms with Crippen LogP contribution in [0.5, 0.6) is 0 Å². The lowest BCUT2D eigenvalue weighted by molar-refractivity contribution is 0.305. The van der Waals surface area contributed by atoms with Gasteiger partial charge >= 0.3 is 0 Å². The third-order valence-electron chi connectivity index (χ3n) is 2.05. The summed E-state index contributed by atoms with van der Waals surface area (Å²) in [4.78, 5) is 6.13. The topological polar surface area (TPSA) is 68.2 Å². The van der Waals surface area contributed by atoms with E-state index in [1.165, 1.54) is 5.56 Å². The average Bonchev–Trinajstić information content (AvgIpc) is 2.19. The summed E-state index contributed by atoms with van der Waals surface area (Å²) in [6.07, 6.45) is 3.60. The summed E-state index contributed by atoms with van der Waals surface area (Å²) in [7, 11) is 2.04. The van der Waals surface area contributed by atoms with Crippen LogP contribution in [-0.2, 0) is 6.54 Å². The Morgan fingerprint density at radius 2 is 2.07 bits per heavy atom. The molecule has 0 amide bonds. The van der Waals surface area contributed by atoms with E-state index in [0.29, 0.717) is 6.54 Å².